The molecule has 182 valence electrons. The van der Waals surface area contributed by atoms with Crippen molar-refractivity contribution in [1.82, 2.24) is 4.90 Å². The van der Waals surface area contributed by atoms with Gasteiger partial charge >= 0.3 is 5.97 Å². The van der Waals surface area contributed by atoms with E-state index in [0.29, 0.717) is 30.0 Å². The summed E-state index contributed by atoms with van der Waals surface area (Å²) in [6.45, 7) is 1.64. The second kappa shape index (κ2) is 12.2. The summed E-state index contributed by atoms with van der Waals surface area (Å²) in [7, 11) is -1.71. The van der Waals surface area contributed by atoms with E-state index in [4.69, 9.17) is 19.9 Å². The average Bonchev–Trinajstić information content (AvgIpc) is 3.14. The number of esters is 1. The number of methoxy groups -OCH3 is 1. The van der Waals surface area contributed by atoms with Crippen LogP contribution in [0.1, 0.15) is 31.7 Å². The van der Waals surface area contributed by atoms with Gasteiger partial charge in [0.1, 0.15) is 0 Å². The number of rotatable bonds is 12. The highest BCUT2D eigenvalue weighted by Crippen LogP contribution is 2.28. The number of hydrogen-bond acceptors (Lipinski definition) is 8. The fraction of sp³-hybridized carbons (Fsp3) is 0.500. The number of carbonyl (C=O) groups excluding carboxylic acids is 3. The normalized spacial score (nSPS) is 17.0. The summed E-state index contributed by atoms with van der Waals surface area (Å²) in [4.78, 5) is 37.1. The minimum atomic E-state index is -3.14. The van der Waals surface area contributed by atoms with Crippen LogP contribution in [-0.4, -0.2) is 75.5 Å². The summed E-state index contributed by atoms with van der Waals surface area (Å²) < 4.78 is 39.1. The lowest BCUT2D eigenvalue weighted by atomic mass is 10.2. The molecule has 2 N–H and O–H groups in total. The van der Waals surface area contributed by atoms with Crippen LogP contribution in [0.4, 0.5) is 0 Å². The molecule has 1 fully saturated rings. The summed E-state index contributed by atoms with van der Waals surface area (Å²) in [5.74, 6) is -1.08. The molecule has 0 bridgehead atoms. The van der Waals surface area contributed by atoms with Gasteiger partial charge in [0.2, 0.25) is 0 Å². The number of sulfone groups is 1. The number of benzene rings is 1. The third kappa shape index (κ3) is 8.41. The van der Waals surface area contributed by atoms with Crippen molar-refractivity contribution < 1.29 is 37.0 Å². The van der Waals surface area contributed by atoms with E-state index in [-0.39, 0.29) is 24.2 Å². The molecule has 1 aromatic carbocycles. The third-order valence-corrected chi connectivity index (χ3v) is 6.78. The number of carbonyl (C=O) groups is 3. The monoisotopic (exact) mass is 482 g/mol. The molecular weight excluding hydrogens is 452 g/mol. The van der Waals surface area contributed by atoms with Crippen LogP contribution in [-0.2, 0) is 29.0 Å². The maximum absolute atomic E-state index is 12.6. The zero-order valence-electron chi connectivity index (χ0n) is 18.8. The largest absolute Gasteiger partial charge is 0.493 e. The summed E-state index contributed by atoms with van der Waals surface area (Å²) in [5.41, 5.74) is 5.66. The molecule has 0 aromatic heterocycles. The van der Waals surface area contributed by atoms with Gasteiger partial charge < -0.3 is 24.8 Å². The molecule has 2 rings (SSSR count). The van der Waals surface area contributed by atoms with Gasteiger partial charge in [0.25, 0.3) is 11.8 Å². The minimum Gasteiger partial charge on any atom is -0.493 e. The smallest absolute Gasteiger partial charge is 0.331 e. The number of nitrogens with zero attached hydrogens (tertiary/aromatic N) is 1. The summed E-state index contributed by atoms with van der Waals surface area (Å²) in [6, 6.07) is 4.42. The van der Waals surface area contributed by atoms with Gasteiger partial charge in [-0.3, -0.25) is 9.59 Å². The van der Waals surface area contributed by atoms with Crippen LogP contribution in [0.2, 0.25) is 0 Å². The molecule has 11 heteroatoms. The molecule has 0 aliphatic carbocycles. The number of nitrogens with two attached hydrogens (primary N) is 1. The van der Waals surface area contributed by atoms with Crippen molar-refractivity contribution >= 4 is 33.7 Å². The molecule has 0 saturated carbocycles. The van der Waals surface area contributed by atoms with Crippen LogP contribution in [0.15, 0.2) is 24.3 Å². The Labute approximate surface area is 193 Å². The second-order valence-electron chi connectivity index (χ2n) is 7.60. The molecule has 1 saturated heterocycles. The van der Waals surface area contributed by atoms with Crippen molar-refractivity contribution in [2.45, 2.75) is 32.2 Å². The van der Waals surface area contributed by atoms with Crippen molar-refractivity contribution in [2.75, 3.05) is 38.4 Å². The molecule has 1 unspecified atom stereocenters. The van der Waals surface area contributed by atoms with Gasteiger partial charge in [0.15, 0.2) is 34.6 Å². The zero-order valence-corrected chi connectivity index (χ0v) is 19.6. The third-order valence-electron chi connectivity index (χ3n) is 5.03. The maximum Gasteiger partial charge on any atom is 0.331 e. The van der Waals surface area contributed by atoms with E-state index in [1.807, 2.05) is 6.92 Å². The van der Waals surface area contributed by atoms with E-state index in [2.05, 4.69) is 0 Å². The summed E-state index contributed by atoms with van der Waals surface area (Å²) in [5, 5.41) is 0. The first kappa shape index (κ1) is 26.2. The molecule has 1 heterocycles. The van der Waals surface area contributed by atoms with Crippen LogP contribution in [0.5, 0.6) is 11.5 Å². The van der Waals surface area contributed by atoms with Crippen molar-refractivity contribution in [3.05, 3.63) is 29.8 Å². The molecule has 10 nitrogen and oxygen atoms in total. The molecule has 1 aromatic rings. The topological polar surface area (TPSA) is 142 Å². The molecular formula is C22H30N2O8S. The minimum absolute atomic E-state index is 0.0582. The van der Waals surface area contributed by atoms with Crippen molar-refractivity contribution in [3.63, 3.8) is 0 Å². The number of ether oxygens (including phenoxy) is 3. The van der Waals surface area contributed by atoms with E-state index in [1.165, 1.54) is 24.2 Å². The van der Waals surface area contributed by atoms with Crippen LogP contribution >= 0.6 is 0 Å². The molecule has 33 heavy (non-hydrogen) atoms. The Kier molecular flexibility index (Phi) is 9.71. The molecule has 2 amide bonds. The standard InChI is InChI=1S/C22H30N2O8S/c1-3-4-10-24(17-9-11-33(28,29)15-17)21(26)14-32-22(27)8-6-16-5-7-18(19(12-16)30-2)31-13-20(23)25/h5-8,12,17H,3-4,9-11,13-15H2,1-2H3,(H2,23,25)/b8-6+. The van der Waals surface area contributed by atoms with Crippen molar-refractivity contribution in [2.24, 2.45) is 5.73 Å². The van der Waals surface area contributed by atoms with Gasteiger partial charge in [-0.05, 0) is 36.6 Å². The second-order valence-corrected chi connectivity index (χ2v) is 9.83. The van der Waals surface area contributed by atoms with Crippen LogP contribution in [0, 0.1) is 0 Å². The fourth-order valence-electron chi connectivity index (χ4n) is 3.34. The Bertz CT molecular complexity index is 990. The number of amides is 2. The van der Waals surface area contributed by atoms with Crippen LogP contribution < -0.4 is 15.2 Å². The van der Waals surface area contributed by atoms with Crippen molar-refractivity contribution in [1.29, 1.82) is 0 Å². The van der Waals surface area contributed by atoms with Crippen LogP contribution in [0.25, 0.3) is 6.08 Å². The van der Waals surface area contributed by atoms with Gasteiger partial charge in [-0.1, -0.05) is 19.4 Å². The highest BCUT2D eigenvalue weighted by atomic mass is 32.2. The molecule has 1 aliphatic heterocycles. The van der Waals surface area contributed by atoms with E-state index in [9.17, 15) is 22.8 Å². The van der Waals surface area contributed by atoms with E-state index < -0.39 is 34.2 Å². The molecule has 0 radical (unpaired) electrons. The first-order valence-corrected chi connectivity index (χ1v) is 12.4. The lowest BCUT2D eigenvalue weighted by Gasteiger charge is -2.28. The van der Waals surface area contributed by atoms with E-state index >= 15 is 0 Å². The number of hydrogen-bond donors (Lipinski definition) is 1. The predicted molar refractivity (Wildman–Crippen MR) is 121 cm³/mol. The highest BCUT2D eigenvalue weighted by molar-refractivity contribution is 7.91. The highest BCUT2D eigenvalue weighted by Gasteiger charge is 2.34. The Morgan fingerprint density at radius 1 is 1.21 bits per heavy atom. The molecule has 0 spiro atoms. The number of unbranched alkanes of at least 4 members (excludes halogenated alkanes) is 1. The number of primary amides is 1. The SMILES string of the molecule is CCCCN(C(=O)COC(=O)/C=C/c1ccc(OCC(N)=O)c(OC)c1)C1CCS(=O)(=O)C1. The Balaban J connectivity index is 1.94. The summed E-state index contributed by atoms with van der Waals surface area (Å²) >= 11 is 0. The summed E-state index contributed by atoms with van der Waals surface area (Å²) in [6.07, 6.45) is 4.62. The van der Waals surface area contributed by atoms with Gasteiger partial charge in [-0.15, -0.1) is 0 Å². The Morgan fingerprint density at radius 3 is 2.58 bits per heavy atom. The zero-order chi connectivity index (χ0) is 24.4. The predicted octanol–water partition coefficient (Wildman–Crippen LogP) is 0.932. The van der Waals surface area contributed by atoms with E-state index in [0.717, 1.165) is 12.8 Å². The lowest BCUT2D eigenvalue weighted by molar-refractivity contribution is -0.149. The first-order valence-electron chi connectivity index (χ1n) is 10.6. The van der Waals surface area contributed by atoms with E-state index in [1.54, 1.807) is 18.2 Å². The Morgan fingerprint density at radius 2 is 1.97 bits per heavy atom. The fourth-order valence-corrected chi connectivity index (χ4v) is 5.08. The van der Waals surface area contributed by atoms with Crippen LogP contribution in [0.3, 0.4) is 0 Å². The van der Waals surface area contributed by atoms with Gasteiger partial charge in [0, 0.05) is 18.7 Å². The lowest BCUT2D eigenvalue weighted by Crippen LogP contribution is -2.43. The molecule has 1 atom stereocenters. The van der Waals surface area contributed by atoms with Gasteiger partial charge in [-0.2, -0.15) is 0 Å². The quantitative estimate of drug-likeness (QED) is 0.342. The first-order chi connectivity index (χ1) is 15.6. The van der Waals surface area contributed by atoms with Gasteiger partial charge in [-0.25, -0.2) is 13.2 Å². The Hall–Kier alpha value is -3.08. The average molecular weight is 483 g/mol. The van der Waals surface area contributed by atoms with Gasteiger partial charge in [0.05, 0.1) is 18.6 Å². The van der Waals surface area contributed by atoms with Crippen molar-refractivity contribution in [3.8, 4) is 11.5 Å². The maximum atomic E-state index is 12.6. The molecule has 1 aliphatic rings.